The fourth-order valence-corrected chi connectivity index (χ4v) is 2.69. The van der Waals surface area contributed by atoms with Gasteiger partial charge in [0.15, 0.2) is 0 Å². The Balaban J connectivity index is 2.05. The molecule has 0 unspecified atom stereocenters. The number of halogens is 1. The van der Waals surface area contributed by atoms with E-state index >= 15 is 0 Å². The minimum Gasteiger partial charge on any atom is -0.480 e. The summed E-state index contributed by atoms with van der Waals surface area (Å²) < 4.78 is 7.30. The third kappa shape index (κ3) is 3.02. The molecular weight excluding hydrogens is 364 g/mol. The Bertz CT molecular complexity index is 885. The van der Waals surface area contributed by atoms with Crippen LogP contribution in [0.1, 0.15) is 11.3 Å². The zero-order valence-electron chi connectivity index (χ0n) is 12.4. The highest BCUT2D eigenvalue weighted by Gasteiger charge is 2.22. The Morgan fingerprint density at radius 3 is 2.87 bits per heavy atom. The van der Waals surface area contributed by atoms with Crippen molar-refractivity contribution in [3.8, 4) is 23.0 Å². The number of carboxylic acid groups (broad SMARTS) is 1. The average Bonchev–Trinajstić information content (AvgIpc) is 3.05. The van der Waals surface area contributed by atoms with Gasteiger partial charge in [-0.25, -0.2) is 4.68 Å². The smallest absolute Gasteiger partial charge is 0.325 e. The van der Waals surface area contributed by atoms with Crippen LogP contribution < -0.4 is 0 Å². The molecule has 0 radical (unpaired) electrons. The monoisotopic (exact) mass is 376 g/mol. The van der Waals surface area contributed by atoms with E-state index in [0.29, 0.717) is 21.8 Å². The standard InChI is InChI=1S/C15H13BrN4O3/c1-8-4-3-5-10(6-8)15-17-14(19-23-15)13-12(16)9(2)18-20(13)7-11(21)22/h3-6H,7H2,1-2H3,(H,21,22). The summed E-state index contributed by atoms with van der Waals surface area (Å²) in [7, 11) is 0. The second-order valence-corrected chi connectivity index (χ2v) is 5.89. The van der Waals surface area contributed by atoms with Gasteiger partial charge < -0.3 is 9.63 Å². The zero-order chi connectivity index (χ0) is 16.6. The summed E-state index contributed by atoms with van der Waals surface area (Å²) in [6.45, 7) is 3.46. The summed E-state index contributed by atoms with van der Waals surface area (Å²) in [6, 6.07) is 7.69. The molecule has 7 nitrogen and oxygen atoms in total. The predicted molar refractivity (Wildman–Crippen MR) is 85.8 cm³/mol. The SMILES string of the molecule is Cc1cccc(-c2nc(-c3c(Br)c(C)nn3CC(=O)O)no2)c1. The third-order valence-electron chi connectivity index (χ3n) is 3.24. The molecular formula is C15H13BrN4O3. The first-order chi connectivity index (χ1) is 11.0. The van der Waals surface area contributed by atoms with Crippen LogP contribution >= 0.6 is 15.9 Å². The third-order valence-corrected chi connectivity index (χ3v) is 4.19. The lowest BCUT2D eigenvalue weighted by molar-refractivity contribution is -0.137. The summed E-state index contributed by atoms with van der Waals surface area (Å²) in [5.74, 6) is -0.338. The van der Waals surface area contributed by atoms with E-state index < -0.39 is 5.97 Å². The second kappa shape index (κ2) is 5.96. The molecule has 1 aromatic carbocycles. The molecule has 8 heteroatoms. The van der Waals surface area contributed by atoms with Crippen LogP contribution in [0, 0.1) is 13.8 Å². The maximum absolute atomic E-state index is 11.0. The molecule has 3 rings (SSSR count). The largest absolute Gasteiger partial charge is 0.480 e. The van der Waals surface area contributed by atoms with Gasteiger partial charge in [-0.3, -0.25) is 4.79 Å². The molecule has 0 saturated heterocycles. The van der Waals surface area contributed by atoms with Crippen molar-refractivity contribution in [1.29, 1.82) is 0 Å². The normalized spacial score (nSPS) is 10.9. The maximum atomic E-state index is 11.0. The zero-order valence-corrected chi connectivity index (χ0v) is 14.0. The highest BCUT2D eigenvalue weighted by molar-refractivity contribution is 9.10. The molecule has 0 aliphatic rings. The van der Waals surface area contributed by atoms with Crippen LogP contribution in [0.3, 0.4) is 0 Å². The molecule has 1 N–H and O–H groups in total. The molecule has 2 aromatic heterocycles. The Labute approximate surface area is 140 Å². The Morgan fingerprint density at radius 2 is 2.17 bits per heavy atom. The van der Waals surface area contributed by atoms with Gasteiger partial charge in [0.25, 0.3) is 5.89 Å². The van der Waals surface area contributed by atoms with Crippen molar-refractivity contribution in [2.75, 3.05) is 0 Å². The van der Waals surface area contributed by atoms with Gasteiger partial charge in [-0.1, -0.05) is 22.9 Å². The van der Waals surface area contributed by atoms with Crippen LogP contribution in [-0.4, -0.2) is 31.0 Å². The number of aliphatic carboxylic acids is 1. The highest BCUT2D eigenvalue weighted by Crippen LogP contribution is 2.30. The van der Waals surface area contributed by atoms with E-state index in [1.165, 1.54) is 4.68 Å². The number of benzene rings is 1. The molecule has 0 bridgehead atoms. The lowest BCUT2D eigenvalue weighted by Gasteiger charge is -2.00. The van der Waals surface area contributed by atoms with Crippen molar-refractivity contribution in [2.45, 2.75) is 20.4 Å². The van der Waals surface area contributed by atoms with E-state index in [-0.39, 0.29) is 12.4 Å². The first-order valence-corrected chi connectivity index (χ1v) is 7.61. The molecule has 23 heavy (non-hydrogen) atoms. The van der Waals surface area contributed by atoms with E-state index in [1.54, 1.807) is 6.92 Å². The first-order valence-electron chi connectivity index (χ1n) is 6.81. The summed E-state index contributed by atoms with van der Waals surface area (Å²) in [5.41, 5.74) is 3.02. The van der Waals surface area contributed by atoms with Gasteiger partial charge in [0, 0.05) is 5.56 Å². The van der Waals surface area contributed by atoms with E-state index in [2.05, 4.69) is 31.2 Å². The van der Waals surface area contributed by atoms with Crippen molar-refractivity contribution in [1.82, 2.24) is 19.9 Å². The number of carboxylic acids is 1. The number of carbonyl (C=O) groups is 1. The summed E-state index contributed by atoms with van der Waals surface area (Å²) in [5, 5.41) is 17.2. The quantitative estimate of drug-likeness (QED) is 0.751. The minimum absolute atomic E-state index is 0.282. The van der Waals surface area contributed by atoms with E-state index in [4.69, 9.17) is 9.63 Å². The molecule has 0 atom stereocenters. The van der Waals surface area contributed by atoms with Crippen LogP contribution in [0.2, 0.25) is 0 Å². The van der Waals surface area contributed by atoms with Gasteiger partial charge in [0.2, 0.25) is 5.82 Å². The van der Waals surface area contributed by atoms with Crippen molar-refractivity contribution in [2.24, 2.45) is 0 Å². The van der Waals surface area contributed by atoms with Crippen LogP contribution in [0.15, 0.2) is 33.3 Å². The second-order valence-electron chi connectivity index (χ2n) is 5.09. The lowest BCUT2D eigenvalue weighted by Crippen LogP contribution is -2.11. The molecule has 0 amide bonds. The van der Waals surface area contributed by atoms with Gasteiger partial charge >= 0.3 is 5.97 Å². The molecule has 0 aliphatic heterocycles. The molecule has 3 aromatic rings. The van der Waals surface area contributed by atoms with Gasteiger partial charge in [0.1, 0.15) is 12.2 Å². The minimum atomic E-state index is -0.997. The lowest BCUT2D eigenvalue weighted by atomic mass is 10.1. The maximum Gasteiger partial charge on any atom is 0.325 e. The molecule has 0 saturated carbocycles. The number of aryl methyl sites for hydroxylation is 2. The Morgan fingerprint density at radius 1 is 1.39 bits per heavy atom. The van der Waals surface area contributed by atoms with Crippen molar-refractivity contribution in [3.63, 3.8) is 0 Å². The number of rotatable bonds is 4. The summed E-state index contributed by atoms with van der Waals surface area (Å²) >= 11 is 3.41. The predicted octanol–water partition coefficient (Wildman–Crippen LogP) is 3.06. The van der Waals surface area contributed by atoms with Gasteiger partial charge in [-0.05, 0) is 41.9 Å². The average molecular weight is 377 g/mol. The van der Waals surface area contributed by atoms with E-state index in [1.807, 2.05) is 31.2 Å². The van der Waals surface area contributed by atoms with Crippen LogP contribution in [0.4, 0.5) is 0 Å². The fraction of sp³-hybridized carbons (Fsp3) is 0.200. The highest BCUT2D eigenvalue weighted by atomic mass is 79.9. The van der Waals surface area contributed by atoms with Gasteiger partial charge in [0.05, 0.1) is 10.2 Å². The number of aromatic nitrogens is 4. The topological polar surface area (TPSA) is 94.0 Å². The van der Waals surface area contributed by atoms with Crippen LogP contribution in [0.25, 0.3) is 23.0 Å². The van der Waals surface area contributed by atoms with Gasteiger partial charge in [-0.15, -0.1) is 0 Å². The number of hydrogen-bond acceptors (Lipinski definition) is 5. The molecule has 2 heterocycles. The Hall–Kier alpha value is -2.48. The first kappa shape index (κ1) is 15.4. The molecule has 118 valence electrons. The molecule has 0 fully saturated rings. The van der Waals surface area contributed by atoms with Crippen molar-refractivity contribution in [3.05, 3.63) is 40.0 Å². The van der Waals surface area contributed by atoms with Crippen molar-refractivity contribution < 1.29 is 14.4 Å². The number of nitrogens with zero attached hydrogens (tertiary/aromatic N) is 4. The molecule has 0 aliphatic carbocycles. The van der Waals surface area contributed by atoms with E-state index in [9.17, 15) is 4.79 Å². The summed E-state index contributed by atoms with van der Waals surface area (Å²) in [6.07, 6.45) is 0. The van der Waals surface area contributed by atoms with Crippen LogP contribution in [-0.2, 0) is 11.3 Å². The Kier molecular flexibility index (Phi) is 3.99. The summed E-state index contributed by atoms with van der Waals surface area (Å²) in [4.78, 5) is 15.4. The van der Waals surface area contributed by atoms with Crippen LogP contribution in [0.5, 0.6) is 0 Å². The fourth-order valence-electron chi connectivity index (χ4n) is 2.23. The number of hydrogen-bond donors (Lipinski definition) is 1. The van der Waals surface area contributed by atoms with Gasteiger partial charge in [-0.2, -0.15) is 10.1 Å². The van der Waals surface area contributed by atoms with E-state index in [0.717, 1.165) is 11.1 Å². The molecule has 0 spiro atoms. The van der Waals surface area contributed by atoms with Crippen molar-refractivity contribution >= 4 is 21.9 Å².